The van der Waals surface area contributed by atoms with E-state index in [0.717, 1.165) is 21.1 Å². The van der Waals surface area contributed by atoms with E-state index in [1.807, 2.05) is 18.2 Å². The summed E-state index contributed by atoms with van der Waals surface area (Å²) < 4.78 is 2.71. The summed E-state index contributed by atoms with van der Waals surface area (Å²) in [4.78, 5) is 16.9. The first kappa shape index (κ1) is 14.3. The van der Waals surface area contributed by atoms with Crippen LogP contribution in [0.3, 0.4) is 0 Å². The van der Waals surface area contributed by atoms with E-state index in [-0.39, 0.29) is 5.56 Å². The van der Waals surface area contributed by atoms with Crippen LogP contribution in [-0.2, 0) is 13.0 Å². The molecular formula is C17H15IN2O. The molecule has 0 unspecified atom stereocenters. The molecule has 0 aliphatic heterocycles. The van der Waals surface area contributed by atoms with E-state index in [9.17, 15) is 4.79 Å². The van der Waals surface area contributed by atoms with Crippen molar-refractivity contribution in [3.63, 3.8) is 0 Å². The third-order valence-electron chi connectivity index (χ3n) is 3.57. The van der Waals surface area contributed by atoms with Crippen molar-refractivity contribution in [1.82, 2.24) is 9.55 Å². The van der Waals surface area contributed by atoms with Crippen molar-refractivity contribution in [3.8, 4) is 0 Å². The minimum absolute atomic E-state index is 0.0121. The zero-order chi connectivity index (χ0) is 14.8. The molecule has 2 aromatic carbocycles. The molecule has 106 valence electrons. The van der Waals surface area contributed by atoms with Crippen molar-refractivity contribution in [3.05, 3.63) is 73.8 Å². The Balaban J connectivity index is 2.00. The van der Waals surface area contributed by atoms with Crippen molar-refractivity contribution in [2.45, 2.75) is 19.9 Å². The first-order valence-corrected chi connectivity index (χ1v) is 7.98. The molecule has 3 aromatic rings. The van der Waals surface area contributed by atoms with Crippen LogP contribution in [0.1, 0.15) is 18.1 Å². The number of hydrogen-bond donors (Lipinski definition) is 0. The maximum absolute atomic E-state index is 12.5. The summed E-state index contributed by atoms with van der Waals surface area (Å²) in [5, 5.41) is 0.676. The third kappa shape index (κ3) is 3.00. The number of aryl methyl sites for hydroxylation is 1. The predicted molar refractivity (Wildman–Crippen MR) is 93.6 cm³/mol. The minimum Gasteiger partial charge on any atom is -0.294 e. The predicted octanol–water partition coefficient (Wildman–Crippen LogP) is 3.61. The SMILES string of the molecule is CCc1ccc(Cn2cnc3ccc(I)cc3c2=O)cc1. The molecule has 3 nitrogen and oxygen atoms in total. The van der Waals surface area contributed by atoms with Crippen LogP contribution in [0.5, 0.6) is 0 Å². The molecule has 0 fully saturated rings. The molecule has 0 aliphatic rings. The van der Waals surface area contributed by atoms with E-state index in [2.05, 4.69) is 58.8 Å². The Hall–Kier alpha value is -1.69. The van der Waals surface area contributed by atoms with Gasteiger partial charge in [-0.3, -0.25) is 9.36 Å². The molecule has 0 amide bonds. The van der Waals surface area contributed by atoms with Crippen LogP contribution in [-0.4, -0.2) is 9.55 Å². The summed E-state index contributed by atoms with van der Waals surface area (Å²) in [6.07, 6.45) is 2.65. The van der Waals surface area contributed by atoms with Crippen LogP contribution in [0.15, 0.2) is 53.6 Å². The van der Waals surface area contributed by atoms with E-state index in [1.54, 1.807) is 10.9 Å². The number of nitrogens with zero attached hydrogens (tertiary/aromatic N) is 2. The van der Waals surface area contributed by atoms with Gasteiger partial charge >= 0.3 is 0 Å². The number of fused-ring (bicyclic) bond motifs is 1. The molecule has 3 rings (SSSR count). The van der Waals surface area contributed by atoms with E-state index >= 15 is 0 Å². The summed E-state index contributed by atoms with van der Waals surface area (Å²) >= 11 is 2.21. The maximum atomic E-state index is 12.5. The average Bonchev–Trinajstić information content (AvgIpc) is 2.51. The number of halogens is 1. The monoisotopic (exact) mass is 390 g/mol. The van der Waals surface area contributed by atoms with E-state index in [4.69, 9.17) is 0 Å². The van der Waals surface area contributed by atoms with Crippen molar-refractivity contribution in [2.75, 3.05) is 0 Å². The van der Waals surface area contributed by atoms with Crippen LogP contribution < -0.4 is 5.56 Å². The van der Waals surface area contributed by atoms with Crippen LogP contribution in [0, 0.1) is 3.57 Å². The third-order valence-corrected chi connectivity index (χ3v) is 4.24. The summed E-state index contributed by atoms with van der Waals surface area (Å²) in [5.74, 6) is 0. The van der Waals surface area contributed by atoms with Crippen molar-refractivity contribution in [1.29, 1.82) is 0 Å². The first-order valence-electron chi connectivity index (χ1n) is 6.90. The maximum Gasteiger partial charge on any atom is 0.261 e. The highest BCUT2D eigenvalue weighted by Gasteiger charge is 2.05. The summed E-state index contributed by atoms with van der Waals surface area (Å²) in [6.45, 7) is 2.69. The summed E-state index contributed by atoms with van der Waals surface area (Å²) in [5.41, 5.74) is 3.18. The molecule has 0 aliphatic carbocycles. The second-order valence-corrected chi connectivity index (χ2v) is 6.25. The highest BCUT2D eigenvalue weighted by atomic mass is 127. The van der Waals surface area contributed by atoms with Gasteiger partial charge in [-0.15, -0.1) is 0 Å². The van der Waals surface area contributed by atoms with Gasteiger partial charge in [-0.2, -0.15) is 0 Å². The van der Waals surface area contributed by atoms with Gasteiger partial charge in [-0.05, 0) is 58.3 Å². The van der Waals surface area contributed by atoms with E-state index < -0.39 is 0 Å². The standard InChI is InChI=1S/C17H15IN2O/c1-2-12-3-5-13(6-4-12)10-20-11-19-16-8-7-14(18)9-15(16)17(20)21/h3-9,11H,2,10H2,1H3. The zero-order valence-electron chi connectivity index (χ0n) is 11.7. The molecular weight excluding hydrogens is 375 g/mol. The largest absolute Gasteiger partial charge is 0.294 e. The molecule has 0 bridgehead atoms. The van der Waals surface area contributed by atoms with Gasteiger partial charge < -0.3 is 0 Å². The van der Waals surface area contributed by atoms with Gasteiger partial charge in [0.15, 0.2) is 0 Å². The van der Waals surface area contributed by atoms with Crippen LogP contribution in [0.2, 0.25) is 0 Å². The fourth-order valence-electron chi connectivity index (χ4n) is 2.32. The van der Waals surface area contributed by atoms with Crippen molar-refractivity contribution < 1.29 is 0 Å². The molecule has 0 saturated heterocycles. The van der Waals surface area contributed by atoms with Gasteiger partial charge in [0, 0.05) is 3.57 Å². The van der Waals surface area contributed by atoms with Crippen LogP contribution in [0.4, 0.5) is 0 Å². The minimum atomic E-state index is 0.0121. The zero-order valence-corrected chi connectivity index (χ0v) is 13.9. The molecule has 0 atom stereocenters. The Morgan fingerprint density at radius 2 is 1.81 bits per heavy atom. The lowest BCUT2D eigenvalue weighted by molar-refractivity contribution is 0.748. The average molecular weight is 390 g/mol. The number of hydrogen-bond acceptors (Lipinski definition) is 2. The Labute approximate surface area is 136 Å². The van der Waals surface area contributed by atoms with Gasteiger partial charge in [0.2, 0.25) is 0 Å². The molecule has 0 saturated carbocycles. The van der Waals surface area contributed by atoms with Gasteiger partial charge in [-0.25, -0.2) is 4.98 Å². The Kier molecular flexibility index (Phi) is 4.05. The summed E-state index contributed by atoms with van der Waals surface area (Å²) in [7, 11) is 0. The topological polar surface area (TPSA) is 34.9 Å². The van der Waals surface area contributed by atoms with Gasteiger partial charge in [0.1, 0.15) is 0 Å². The second kappa shape index (κ2) is 5.97. The molecule has 1 heterocycles. The van der Waals surface area contributed by atoms with Gasteiger partial charge in [0.05, 0.1) is 23.8 Å². The second-order valence-electron chi connectivity index (χ2n) is 5.01. The highest BCUT2D eigenvalue weighted by Crippen LogP contribution is 2.12. The fourth-order valence-corrected chi connectivity index (χ4v) is 2.81. The van der Waals surface area contributed by atoms with Crippen molar-refractivity contribution >= 4 is 33.5 Å². The van der Waals surface area contributed by atoms with Crippen LogP contribution >= 0.6 is 22.6 Å². The molecule has 0 radical (unpaired) electrons. The lowest BCUT2D eigenvalue weighted by atomic mass is 10.1. The number of aromatic nitrogens is 2. The molecule has 1 aromatic heterocycles. The molecule has 21 heavy (non-hydrogen) atoms. The van der Waals surface area contributed by atoms with Gasteiger partial charge in [-0.1, -0.05) is 31.2 Å². The number of benzene rings is 2. The lowest BCUT2D eigenvalue weighted by Crippen LogP contribution is -2.21. The highest BCUT2D eigenvalue weighted by molar-refractivity contribution is 14.1. The fraction of sp³-hybridized carbons (Fsp3) is 0.176. The first-order chi connectivity index (χ1) is 10.2. The lowest BCUT2D eigenvalue weighted by Gasteiger charge is -2.07. The molecule has 4 heteroatoms. The van der Waals surface area contributed by atoms with Crippen LogP contribution in [0.25, 0.3) is 10.9 Å². The quantitative estimate of drug-likeness (QED) is 0.641. The Morgan fingerprint density at radius 3 is 2.52 bits per heavy atom. The number of rotatable bonds is 3. The molecule has 0 N–H and O–H groups in total. The van der Waals surface area contributed by atoms with E-state index in [1.165, 1.54) is 5.56 Å². The normalized spacial score (nSPS) is 11.0. The molecule has 0 spiro atoms. The Bertz CT molecular complexity index is 838. The van der Waals surface area contributed by atoms with Gasteiger partial charge in [0.25, 0.3) is 5.56 Å². The smallest absolute Gasteiger partial charge is 0.261 e. The Morgan fingerprint density at radius 1 is 1.10 bits per heavy atom. The summed E-state index contributed by atoms with van der Waals surface area (Å²) in [6, 6.07) is 14.1. The van der Waals surface area contributed by atoms with Crippen molar-refractivity contribution in [2.24, 2.45) is 0 Å². The van der Waals surface area contributed by atoms with E-state index in [0.29, 0.717) is 11.9 Å².